The molecule has 0 amide bonds. The Kier molecular flexibility index (Phi) is 2.54. The molecular formula is C8H10N6O2. The van der Waals surface area contributed by atoms with Crippen LogP contribution in [0.25, 0.3) is 0 Å². The molecule has 84 valence electrons. The van der Waals surface area contributed by atoms with Gasteiger partial charge in [0.15, 0.2) is 11.6 Å². The number of nitrogens with two attached hydrogens (primary N) is 1. The molecule has 0 radical (unpaired) electrons. The fraction of sp³-hybridized carbons (Fsp3) is 0.250. The van der Waals surface area contributed by atoms with Crippen molar-refractivity contribution in [3.05, 3.63) is 28.4 Å². The fourth-order valence-electron chi connectivity index (χ4n) is 1.13. The summed E-state index contributed by atoms with van der Waals surface area (Å²) in [6, 6.07) is 0. The van der Waals surface area contributed by atoms with Gasteiger partial charge in [-0.05, 0) is 0 Å². The number of aromatic nitrogens is 4. The number of rotatable bonds is 3. The second-order valence-corrected chi connectivity index (χ2v) is 3.08. The molecule has 2 rings (SSSR count). The van der Waals surface area contributed by atoms with Crippen LogP contribution in [-0.2, 0) is 6.54 Å². The molecule has 0 fully saturated rings. The molecule has 0 bridgehead atoms. The zero-order chi connectivity index (χ0) is 11.5. The maximum absolute atomic E-state index is 11.1. The molecule has 0 saturated carbocycles. The number of hydrogen-bond donors (Lipinski definition) is 3. The third-order valence-corrected chi connectivity index (χ3v) is 1.87. The van der Waals surface area contributed by atoms with Crippen molar-refractivity contribution in [3.8, 4) is 0 Å². The van der Waals surface area contributed by atoms with E-state index in [0.29, 0.717) is 17.5 Å². The SMILES string of the molecule is Cc1nc(CNc2nc[nH]c(=O)c2N)no1. The first kappa shape index (κ1) is 10.1. The van der Waals surface area contributed by atoms with Gasteiger partial charge in [0.05, 0.1) is 12.9 Å². The van der Waals surface area contributed by atoms with Crippen LogP contribution in [0.5, 0.6) is 0 Å². The number of nitrogens with zero attached hydrogens (tertiary/aromatic N) is 3. The summed E-state index contributed by atoms with van der Waals surface area (Å²) in [4.78, 5) is 21.4. The van der Waals surface area contributed by atoms with Gasteiger partial charge >= 0.3 is 0 Å². The molecule has 0 spiro atoms. The van der Waals surface area contributed by atoms with Crippen LogP contribution in [0.1, 0.15) is 11.7 Å². The molecular weight excluding hydrogens is 212 g/mol. The molecule has 0 aromatic carbocycles. The molecule has 0 saturated heterocycles. The summed E-state index contributed by atoms with van der Waals surface area (Å²) in [6.07, 6.45) is 1.27. The number of hydrogen-bond acceptors (Lipinski definition) is 7. The van der Waals surface area contributed by atoms with Crippen molar-refractivity contribution in [2.24, 2.45) is 0 Å². The molecule has 4 N–H and O–H groups in total. The van der Waals surface area contributed by atoms with E-state index < -0.39 is 0 Å². The van der Waals surface area contributed by atoms with E-state index >= 15 is 0 Å². The molecule has 0 aliphatic rings. The topological polar surface area (TPSA) is 123 Å². The molecule has 2 aromatic heterocycles. The highest BCUT2D eigenvalue weighted by Gasteiger charge is 2.06. The summed E-state index contributed by atoms with van der Waals surface area (Å²) < 4.78 is 4.79. The van der Waals surface area contributed by atoms with Crippen LogP contribution in [0, 0.1) is 6.92 Å². The number of nitrogens with one attached hydrogen (secondary N) is 2. The van der Waals surface area contributed by atoms with E-state index in [1.54, 1.807) is 6.92 Å². The van der Waals surface area contributed by atoms with Crippen LogP contribution in [0.3, 0.4) is 0 Å². The van der Waals surface area contributed by atoms with Gasteiger partial charge in [-0.15, -0.1) is 0 Å². The number of H-pyrrole nitrogens is 1. The first-order valence-electron chi connectivity index (χ1n) is 4.53. The lowest BCUT2D eigenvalue weighted by Crippen LogP contribution is -2.16. The van der Waals surface area contributed by atoms with Crippen molar-refractivity contribution in [2.45, 2.75) is 13.5 Å². The minimum atomic E-state index is -0.387. The minimum Gasteiger partial charge on any atom is -0.391 e. The standard InChI is InChI=1S/C8H10N6O2/c1-4-13-5(14-16-4)2-10-7-6(9)8(15)12-3-11-7/h3H,2,9H2,1H3,(H2,10,11,12,15). The molecule has 0 unspecified atom stereocenters. The third-order valence-electron chi connectivity index (χ3n) is 1.87. The summed E-state index contributed by atoms with van der Waals surface area (Å²) in [5.41, 5.74) is 5.16. The normalized spacial score (nSPS) is 10.3. The van der Waals surface area contributed by atoms with Crippen LogP contribution in [-0.4, -0.2) is 20.1 Å². The minimum absolute atomic E-state index is 0.0303. The highest BCUT2D eigenvalue weighted by molar-refractivity contribution is 5.58. The summed E-state index contributed by atoms with van der Waals surface area (Å²) in [7, 11) is 0. The van der Waals surface area contributed by atoms with E-state index in [1.165, 1.54) is 6.33 Å². The van der Waals surface area contributed by atoms with Crippen LogP contribution >= 0.6 is 0 Å². The second-order valence-electron chi connectivity index (χ2n) is 3.08. The monoisotopic (exact) mass is 222 g/mol. The van der Waals surface area contributed by atoms with E-state index in [2.05, 4.69) is 25.4 Å². The first-order valence-corrected chi connectivity index (χ1v) is 4.53. The van der Waals surface area contributed by atoms with Gasteiger partial charge in [-0.1, -0.05) is 5.16 Å². The quantitative estimate of drug-likeness (QED) is 0.648. The van der Waals surface area contributed by atoms with Gasteiger partial charge in [0.1, 0.15) is 5.69 Å². The van der Waals surface area contributed by atoms with Gasteiger partial charge in [-0.25, -0.2) is 4.98 Å². The number of aryl methyl sites for hydroxylation is 1. The maximum atomic E-state index is 11.1. The van der Waals surface area contributed by atoms with E-state index in [4.69, 9.17) is 10.3 Å². The maximum Gasteiger partial charge on any atom is 0.276 e. The van der Waals surface area contributed by atoms with Crippen LogP contribution in [0.4, 0.5) is 11.5 Å². The van der Waals surface area contributed by atoms with Crippen molar-refractivity contribution in [3.63, 3.8) is 0 Å². The smallest absolute Gasteiger partial charge is 0.276 e. The molecule has 16 heavy (non-hydrogen) atoms. The summed E-state index contributed by atoms with van der Waals surface area (Å²) in [6.45, 7) is 1.98. The third kappa shape index (κ3) is 2.00. The Morgan fingerprint density at radius 1 is 1.62 bits per heavy atom. The summed E-state index contributed by atoms with van der Waals surface area (Å²) in [5, 5.41) is 6.52. The lowest BCUT2D eigenvalue weighted by Gasteiger charge is -2.03. The largest absolute Gasteiger partial charge is 0.391 e. The van der Waals surface area contributed by atoms with E-state index in [0.717, 1.165) is 0 Å². The zero-order valence-corrected chi connectivity index (χ0v) is 8.52. The molecule has 0 atom stereocenters. The van der Waals surface area contributed by atoms with Gasteiger partial charge in [0.2, 0.25) is 5.89 Å². The van der Waals surface area contributed by atoms with Crippen molar-refractivity contribution < 1.29 is 4.52 Å². The van der Waals surface area contributed by atoms with Crippen LogP contribution < -0.4 is 16.6 Å². The molecule has 0 aliphatic carbocycles. The van der Waals surface area contributed by atoms with Crippen molar-refractivity contribution in [1.29, 1.82) is 0 Å². The Morgan fingerprint density at radius 2 is 2.44 bits per heavy atom. The Labute approximate surface area is 89.9 Å². The van der Waals surface area contributed by atoms with Gasteiger partial charge in [0, 0.05) is 6.92 Å². The summed E-state index contributed by atoms with van der Waals surface area (Å²) >= 11 is 0. The fourth-order valence-corrected chi connectivity index (χ4v) is 1.13. The average molecular weight is 222 g/mol. The molecule has 2 heterocycles. The Morgan fingerprint density at radius 3 is 3.12 bits per heavy atom. The first-order chi connectivity index (χ1) is 7.66. The predicted molar refractivity (Wildman–Crippen MR) is 55.6 cm³/mol. The van der Waals surface area contributed by atoms with Crippen molar-refractivity contribution in [1.82, 2.24) is 20.1 Å². The lowest BCUT2D eigenvalue weighted by atomic mass is 10.4. The molecule has 8 nitrogen and oxygen atoms in total. The zero-order valence-electron chi connectivity index (χ0n) is 8.52. The van der Waals surface area contributed by atoms with E-state index in [-0.39, 0.29) is 17.8 Å². The summed E-state index contributed by atoms with van der Waals surface area (Å²) in [5.74, 6) is 1.24. The number of anilines is 2. The van der Waals surface area contributed by atoms with Gasteiger partial charge < -0.3 is 20.6 Å². The highest BCUT2D eigenvalue weighted by Crippen LogP contribution is 2.08. The number of nitrogen functional groups attached to an aromatic ring is 1. The Balaban J connectivity index is 2.10. The van der Waals surface area contributed by atoms with Gasteiger partial charge in [-0.2, -0.15) is 4.98 Å². The van der Waals surface area contributed by atoms with Crippen molar-refractivity contribution >= 4 is 11.5 Å². The molecule has 8 heteroatoms. The van der Waals surface area contributed by atoms with Gasteiger partial charge in [0.25, 0.3) is 5.56 Å². The van der Waals surface area contributed by atoms with Crippen LogP contribution in [0.15, 0.2) is 15.6 Å². The number of aromatic amines is 1. The average Bonchev–Trinajstić information content (AvgIpc) is 2.67. The Hall–Kier alpha value is -2.38. The Bertz CT molecular complexity index is 545. The van der Waals surface area contributed by atoms with E-state index in [1.807, 2.05) is 0 Å². The van der Waals surface area contributed by atoms with Crippen LogP contribution in [0.2, 0.25) is 0 Å². The van der Waals surface area contributed by atoms with E-state index in [9.17, 15) is 4.79 Å². The molecule has 2 aromatic rings. The highest BCUT2D eigenvalue weighted by atomic mass is 16.5. The lowest BCUT2D eigenvalue weighted by molar-refractivity contribution is 0.388. The second kappa shape index (κ2) is 4.01. The van der Waals surface area contributed by atoms with Gasteiger partial charge in [-0.3, -0.25) is 4.79 Å². The predicted octanol–water partition coefficient (Wildman–Crippen LogP) is -0.344. The molecule has 0 aliphatic heterocycles. The van der Waals surface area contributed by atoms with Crippen molar-refractivity contribution in [2.75, 3.05) is 11.1 Å².